The summed E-state index contributed by atoms with van der Waals surface area (Å²) in [7, 11) is 1.54. The van der Waals surface area contributed by atoms with Crippen LogP contribution in [-0.2, 0) is 14.3 Å². The van der Waals surface area contributed by atoms with Gasteiger partial charge in [0, 0.05) is 26.5 Å². The Labute approximate surface area is 142 Å². The van der Waals surface area contributed by atoms with E-state index in [1.54, 1.807) is 0 Å². The fourth-order valence-electron chi connectivity index (χ4n) is 2.84. The summed E-state index contributed by atoms with van der Waals surface area (Å²) in [5, 5.41) is 9.24. The van der Waals surface area contributed by atoms with Gasteiger partial charge in [0.15, 0.2) is 0 Å². The maximum atomic E-state index is 12.3. The molecule has 132 valence electrons. The molecular weight excluding hydrogens is 310 g/mol. The predicted octanol–water partition coefficient (Wildman–Crippen LogP) is 2.16. The number of likely N-dealkylation sites (tertiary alicyclic amines) is 1. The molecule has 1 fully saturated rings. The molecule has 6 nitrogen and oxygen atoms in total. The summed E-state index contributed by atoms with van der Waals surface area (Å²) in [4.78, 5) is 25.0. The average Bonchev–Trinajstić information content (AvgIpc) is 2.99. The van der Waals surface area contributed by atoms with Crippen LogP contribution in [0.25, 0.3) is 0 Å². The lowest BCUT2D eigenvalue weighted by Crippen LogP contribution is -2.40. The van der Waals surface area contributed by atoms with Crippen molar-refractivity contribution < 1.29 is 24.2 Å². The lowest BCUT2D eigenvalue weighted by atomic mass is 10.1. The molecule has 1 aliphatic rings. The van der Waals surface area contributed by atoms with E-state index >= 15 is 0 Å². The molecule has 1 saturated heterocycles. The number of aryl methyl sites for hydroxylation is 2. The van der Waals surface area contributed by atoms with Crippen molar-refractivity contribution in [3.63, 3.8) is 0 Å². The molecule has 0 aliphatic carbocycles. The highest BCUT2D eigenvalue weighted by atomic mass is 16.5. The van der Waals surface area contributed by atoms with E-state index in [2.05, 4.69) is 0 Å². The lowest BCUT2D eigenvalue weighted by Gasteiger charge is -2.21. The highest BCUT2D eigenvalue weighted by Crippen LogP contribution is 2.22. The summed E-state index contributed by atoms with van der Waals surface area (Å²) >= 11 is 0. The number of rotatable bonds is 7. The molecule has 1 aromatic rings. The SMILES string of the molecule is COC1CC(C(=O)O)N(C(=O)CCCOc2ccc(C)c(C)c2)C1. The molecule has 1 aliphatic heterocycles. The quantitative estimate of drug-likeness (QED) is 0.773. The summed E-state index contributed by atoms with van der Waals surface area (Å²) in [6.07, 6.45) is 0.954. The van der Waals surface area contributed by atoms with Gasteiger partial charge in [0.1, 0.15) is 11.8 Å². The van der Waals surface area contributed by atoms with Crippen LogP contribution < -0.4 is 4.74 Å². The van der Waals surface area contributed by atoms with Gasteiger partial charge in [-0.15, -0.1) is 0 Å². The van der Waals surface area contributed by atoms with E-state index in [1.807, 2.05) is 32.0 Å². The predicted molar refractivity (Wildman–Crippen MR) is 89.2 cm³/mol. The molecule has 2 rings (SSSR count). The molecule has 1 heterocycles. The largest absolute Gasteiger partial charge is 0.494 e. The number of carbonyl (C=O) groups is 2. The summed E-state index contributed by atoms with van der Waals surface area (Å²) in [6, 6.07) is 5.10. The van der Waals surface area contributed by atoms with E-state index in [9.17, 15) is 14.7 Å². The molecule has 6 heteroatoms. The minimum atomic E-state index is -0.978. The number of hydrogen-bond donors (Lipinski definition) is 1. The summed E-state index contributed by atoms with van der Waals surface area (Å²) in [6.45, 7) is 4.83. The first-order valence-electron chi connectivity index (χ1n) is 8.17. The average molecular weight is 335 g/mol. The van der Waals surface area contributed by atoms with Gasteiger partial charge < -0.3 is 19.5 Å². The Kier molecular flexibility index (Phi) is 6.20. The van der Waals surface area contributed by atoms with E-state index in [4.69, 9.17) is 9.47 Å². The molecule has 2 atom stereocenters. The third kappa shape index (κ3) is 4.47. The first kappa shape index (κ1) is 18.3. The Morgan fingerprint density at radius 3 is 2.67 bits per heavy atom. The van der Waals surface area contributed by atoms with Gasteiger partial charge in [-0.2, -0.15) is 0 Å². The molecule has 1 aromatic carbocycles. The molecule has 0 saturated carbocycles. The van der Waals surface area contributed by atoms with Gasteiger partial charge in [0.05, 0.1) is 12.7 Å². The third-order valence-corrected chi connectivity index (χ3v) is 4.48. The van der Waals surface area contributed by atoms with Crippen molar-refractivity contribution in [1.29, 1.82) is 0 Å². The van der Waals surface area contributed by atoms with Crippen molar-refractivity contribution in [2.75, 3.05) is 20.3 Å². The number of nitrogens with zero attached hydrogens (tertiary/aromatic N) is 1. The monoisotopic (exact) mass is 335 g/mol. The van der Waals surface area contributed by atoms with E-state index in [0.717, 1.165) is 11.3 Å². The van der Waals surface area contributed by atoms with Crippen molar-refractivity contribution >= 4 is 11.9 Å². The van der Waals surface area contributed by atoms with Crippen molar-refractivity contribution in [1.82, 2.24) is 4.90 Å². The van der Waals surface area contributed by atoms with Crippen molar-refractivity contribution in [2.24, 2.45) is 0 Å². The number of benzene rings is 1. The zero-order chi connectivity index (χ0) is 17.7. The van der Waals surface area contributed by atoms with Crippen molar-refractivity contribution in [2.45, 2.75) is 45.3 Å². The zero-order valence-corrected chi connectivity index (χ0v) is 14.4. The second-order valence-electron chi connectivity index (χ2n) is 6.19. The number of carboxylic acids is 1. The van der Waals surface area contributed by atoms with Crippen LogP contribution in [0.1, 0.15) is 30.4 Å². The molecule has 0 spiro atoms. The maximum absolute atomic E-state index is 12.3. The number of carbonyl (C=O) groups excluding carboxylic acids is 1. The molecule has 0 bridgehead atoms. The molecule has 0 radical (unpaired) electrons. The van der Waals surface area contributed by atoms with Crippen LogP contribution >= 0.6 is 0 Å². The topological polar surface area (TPSA) is 76.1 Å². The molecule has 1 amide bonds. The normalized spacial score (nSPS) is 20.2. The summed E-state index contributed by atoms with van der Waals surface area (Å²) in [5.41, 5.74) is 2.37. The second-order valence-corrected chi connectivity index (χ2v) is 6.19. The highest BCUT2D eigenvalue weighted by Gasteiger charge is 2.39. The van der Waals surface area contributed by atoms with Crippen LogP contribution in [0.3, 0.4) is 0 Å². The van der Waals surface area contributed by atoms with Crippen LogP contribution in [0.5, 0.6) is 5.75 Å². The third-order valence-electron chi connectivity index (χ3n) is 4.48. The van der Waals surface area contributed by atoms with Crippen LogP contribution in [-0.4, -0.2) is 54.3 Å². The first-order valence-corrected chi connectivity index (χ1v) is 8.17. The highest BCUT2D eigenvalue weighted by molar-refractivity contribution is 5.84. The van der Waals surface area contributed by atoms with Gasteiger partial charge in [-0.1, -0.05) is 6.07 Å². The molecule has 1 N–H and O–H groups in total. The van der Waals surface area contributed by atoms with Gasteiger partial charge >= 0.3 is 5.97 Å². The van der Waals surface area contributed by atoms with Gasteiger partial charge in [0.2, 0.25) is 5.91 Å². The maximum Gasteiger partial charge on any atom is 0.326 e. The second kappa shape index (κ2) is 8.15. The number of carboxylic acid groups (broad SMARTS) is 1. The van der Waals surface area contributed by atoms with E-state index in [0.29, 0.717) is 26.0 Å². The Balaban J connectivity index is 1.80. The van der Waals surface area contributed by atoms with Crippen LogP contribution in [0, 0.1) is 13.8 Å². The fraction of sp³-hybridized carbons (Fsp3) is 0.556. The number of amides is 1. The zero-order valence-electron chi connectivity index (χ0n) is 14.4. The van der Waals surface area contributed by atoms with E-state index < -0.39 is 12.0 Å². The minimum absolute atomic E-state index is 0.161. The summed E-state index contributed by atoms with van der Waals surface area (Å²) in [5.74, 6) is -0.352. The smallest absolute Gasteiger partial charge is 0.326 e. The van der Waals surface area contributed by atoms with Gasteiger partial charge in [-0.3, -0.25) is 4.79 Å². The first-order chi connectivity index (χ1) is 11.4. The number of aliphatic carboxylic acids is 1. The molecular formula is C18H25NO5. The summed E-state index contributed by atoms with van der Waals surface area (Å²) < 4.78 is 10.9. The molecule has 24 heavy (non-hydrogen) atoms. The molecule has 0 aromatic heterocycles. The van der Waals surface area contributed by atoms with Crippen LogP contribution in [0.15, 0.2) is 18.2 Å². The lowest BCUT2D eigenvalue weighted by molar-refractivity contribution is -0.148. The van der Waals surface area contributed by atoms with Crippen molar-refractivity contribution in [3.05, 3.63) is 29.3 Å². The van der Waals surface area contributed by atoms with Gasteiger partial charge in [-0.25, -0.2) is 4.79 Å². The number of ether oxygens (including phenoxy) is 2. The fourth-order valence-corrected chi connectivity index (χ4v) is 2.84. The van der Waals surface area contributed by atoms with Crippen LogP contribution in [0.2, 0.25) is 0 Å². The Bertz CT molecular complexity index is 601. The van der Waals surface area contributed by atoms with Gasteiger partial charge in [-0.05, 0) is 43.5 Å². The Hall–Kier alpha value is -2.08. The van der Waals surface area contributed by atoms with E-state index in [1.165, 1.54) is 17.6 Å². The van der Waals surface area contributed by atoms with Crippen molar-refractivity contribution in [3.8, 4) is 5.75 Å². The Morgan fingerprint density at radius 1 is 1.29 bits per heavy atom. The molecule has 2 unspecified atom stereocenters. The van der Waals surface area contributed by atoms with Gasteiger partial charge in [0.25, 0.3) is 0 Å². The van der Waals surface area contributed by atoms with E-state index in [-0.39, 0.29) is 18.4 Å². The number of methoxy groups -OCH3 is 1. The Morgan fingerprint density at radius 2 is 2.04 bits per heavy atom. The number of hydrogen-bond acceptors (Lipinski definition) is 4. The standard InChI is InChI=1S/C18H25NO5/c1-12-6-7-14(9-13(12)2)24-8-4-5-17(20)19-11-15(23-3)10-16(19)18(21)22/h6-7,9,15-16H,4-5,8,10-11H2,1-3H3,(H,21,22). The van der Waals surface area contributed by atoms with Crippen LogP contribution in [0.4, 0.5) is 0 Å². The minimum Gasteiger partial charge on any atom is -0.494 e.